The highest BCUT2D eigenvalue weighted by atomic mass is 32.2. The summed E-state index contributed by atoms with van der Waals surface area (Å²) in [7, 11) is 0. The Morgan fingerprint density at radius 2 is 2.12 bits per heavy atom. The summed E-state index contributed by atoms with van der Waals surface area (Å²) in [6.07, 6.45) is 4.39. The van der Waals surface area contributed by atoms with Crippen LogP contribution >= 0.6 is 11.8 Å². The summed E-state index contributed by atoms with van der Waals surface area (Å²) in [5.41, 5.74) is 0. The lowest BCUT2D eigenvalue weighted by Crippen LogP contribution is -2.45. The Kier molecular flexibility index (Phi) is 6.03. The number of thioether (sulfide) groups is 1. The van der Waals surface area contributed by atoms with Crippen molar-refractivity contribution < 1.29 is 4.79 Å². The maximum absolute atomic E-state index is 11.8. The number of likely N-dealkylation sites (tertiary alicyclic amines) is 1. The summed E-state index contributed by atoms with van der Waals surface area (Å²) in [4.78, 5) is 13.8. The van der Waals surface area contributed by atoms with Crippen LogP contribution in [0.4, 0.5) is 4.79 Å². The van der Waals surface area contributed by atoms with Crippen molar-refractivity contribution in [2.75, 3.05) is 31.6 Å². The van der Waals surface area contributed by atoms with Crippen molar-refractivity contribution in [3.05, 3.63) is 0 Å². The molecule has 1 aliphatic rings. The molecule has 1 aliphatic heterocycles. The number of nitrogens with one attached hydrogen (secondary N) is 1. The molecule has 0 spiro atoms. The number of carbonyl (C=O) groups excluding carboxylic acids is 1. The Morgan fingerprint density at radius 1 is 1.50 bits per heavy atom. The molecule has 2 amide bonds. The third-order valence-corrected chi connectivity index (χ3v) is 4.03. The van der Waals surface area contributed by atoms with Gasteiger partial charge in [0.1, 0.15) is 0 Å². The van der Waals surface area contributed by atoms with Crippen LogP contribution in [0.5, 0.6) is 0 Å². The van der Waals surface area contributed by atoms with Crippen molar-refractivity contribution in [2.24, 2.45) is 11.8 Å². The minimum Gasteiger partial charge on any atom is -0.338 e. The van der Waals surface area contributed by atoms with Gasteiger partial charge in [0.2, 0.25) is 0 Å². The lowest BCUT2D eigenvalue weighted by atomic mass is 10.00. The fourth-order valence-electron chi connectivity index (χ4n) is 1.93. The monoisotopic (exact) mass is 244 g/mol. The zero-order valence-electron chi connectivity index (χ0n) is 10.7. The van der Waals surface area contributed by atoms with Crippen molar-refractivity contribution in [3.63, 3.8) is 0 Å². The van der Waals surface area contributed by atoms with Crippen LogP contribution in [0, 0.1) is 11.8 Å². The van der Waals surface area contributed by atoms with E-state index < -0.39 is 0 Å². The number of amides is 2. The Morgan fingerprint density at radius 3 is 2.69 bits per heavy atom. The summed E-state index contributed by atoms with van der Waals surface area (Å²) in [5, 5.41) is 3.03. The highest BCUT2D eigenvalue weighted by Crippen LogP contribution is 2.15. The molecule has 1 heterocycles. The van der Waals surface area contributed by atoms with Gasteiger partial charge in [-0.25, -0.2) is 4.79 Å². The highest BCUT2D eigenvalue weighted by molar-refractivity contribution is 7.98. The van der Waals surface area contributed by atoms with Gasteiger partial charge in [0.05, 0.1) is 0 Å². The molecular formula is C12H24N2OS. The second-order valence-corrected chi connectivity index (χ2v) is 5.83. The first-order valence-electron chi connectivity index (χ1n) is 6.15. The lowest BCUT2D eigenvalue weighted by Gasteiger charge is -2.30. The zero-order chi connectivity index (χ0) is 12.0. The van der Waals surface area contributed by atoms with Crippen LogP contribution in [0.25, 0.3) is 0 Å². The van der Waals surface area contributed by atoms with Gasteiger partial charge in [-0.1, -0.05) is 13.8 Å². The molecule has 1 atom stereocenters. The zero-order valence-corrected chi connectivity index (χ0v) is 11.5. The average molecular weight is 244 g/mol. The Bertz CT molecular complexity index is 215. The van der Waals surface area contributed by atoms with E-state index in [1.807, 2.05) is 16.7 Å². The number of nitrogens with zero attached hydrogens (tertiary/aromatic N) is 1. The van der Waals surface area contributed by atoms with E-state index in [0.29, 0.717) is 5.92 Å². The molecule has 0 aromatic heterocycles. The third-order valence-electron chi connectivity index (χ3n) is 3.12. The third kappa shape index (κ3) is 4.64. The van der Waals surface area contributed by atoms with E-state index in [1.165, 1.54) is 0 Å². The van der Waals surface area contributed by atoms with E-state index in [9.17, 15) is 4.79 Å². The first-order chi connectivity index (χ1) is 7.63. The molecule has 0 aromatic rings. The van der Waals surface area contributed by atoms with Crippen molar-refractivity contribution in [3.8, 4) is 0 Å². The molecule has 94 valence electrons. The van der Waals surface area contributed by atoms with Crippen LogP contribution in [-0.4, -0.2) is 42.6 Å². The second kappa shape index (κ2) is 7.05. The number of hydrogen-bond donors (Lipinski definition) is 1. The molecular weight excluding hydrogens is 220 g/mol. The van der Waals surface area contributed by atoms with Gasteiger partial charge in [0.25, 0.3) is 0 Å². The van der Waals surface area contributed by atoms with Crippen LogP contribution in [0.3, 0.4) is 0 Å². The fraction of sp³-hybridized carbons (Fsp3) is 0.917. The molecule has 4 heteroatoms. The van der Waals surface area contributed by atoms with E-state index in [-0.39, 0.29) is 6.03 Å². The van der Waals surface area contributed by atoms with Crippen LogP contribution in [0.15, 0.2) is 0 Å². The molecule has 1 rings (SSSR count). The Hall–Kier alpha value is -0.380. The Balaban J connectivity index is 2.19. The second-order valence-electron chi connectivity index (χ2n) is 4.92. The summed E-state index contributed by atoms with van der Waals surface area (Å²) in [5.74, 6) is 2.44. The standard InChI is InChI=1S/C12H24N2OS/c1-10-4-6-14(7-5-10)12(15)13-8-11(2)9-16-3/h10-11H,4-9H2,1-3H3,(H,13,15). The van der Waals surface area contributed by atoms with Crippen molar-refractivity contribution in [1.29, 1.82) is 0 Å². The molecule has 1 unspecified atom stereocenters. The SMILES string of the molecule is CSCC(C)CNC(=O)N1CCC(C)CC1. The fourth-order valence-corrected chi connectivity index (χ4v) is 2.62. The van der Waals surface area contributed by atoms with Gasteiger partial charge < -0.3 is 10.2 Å². The normalized spacial score (nSPS) is 19.6. The largest absolute Gasteiger partial charge is 0.338 e. The smallest absolute Gasteiger partial charge is 0.317 e. The maximum atomic E-state index is 11.8. The maximum Gasteiger partial charge on any atom is 0.317 e. The van der Waals surface area contributed by atoms with Gasteiger partial charge in [-0.2, -0.15) is 11.8 Å². The predicted molar refractivity (Wildman–Crippen MR) is 70.9 cm³/mol. The number of carbonyl (C=O) groups is 1. The number of rotatable bonds is 4. The van der Waals surface area contributed by atoms with Gasteiger partial charge in [-0.15, -0.1) is 0 Å². The van der Waals surface area contributed by atoms with E-state index in [4.69, 9.17) is 0 Å². The van der Waals surface area contributed by atoms with E-state index in [2.05, 4.69) is 25.4 Å². The van der Waals surface area contributed by atoms with Crippen molar-refractivity contribution in [2.45, 2.75) is 26.7 Å². The molecule has 1 saturated heterocycles. The average Bonchev–Trinajstić information content (AvgIpc) is 2.27. The Labute approximate surface area is 103 Å². The molecule has 3 nitrogen and oxygen atoms in total. The predicted octanol–water partition coefficient (Wildman–Crippen LogP) is 2.43. The van der Waals surface area contributed by atoms with Gasteiger partial charge >= 0.3 is 6.03 Å². The molecule has 1 N–H and O–H groups in total. The van der Waals surface area contributed by atoms with E-state index >= 15 is 0 Å². The molecule has 0 saturated carbocycles. The number of piperidine rings is 1. The number of hydrogen-bond acceptors (Lipinski definition) is 2. The van der Waals surface area contributed by atoms with Gasteiger partial charge in [-0.3, -0.25) is 0 Å². The molecule has 0 aliphatic carbocycles. The first kappa shape index (κ1) is 13.7. The van der Waals surface area contributed by atoms with Gasteiger partial charge in [0.15, 0.2) is 0 Å². The molecule has 0 aromatic carbocycles. The minimum atomic E-state index is 0.125. The summed E-state index contributed by atoms with van der Waals surface area (Å²) in [6, 6.07) is 0.125. The number of urea groups is 1. The van der Waals surface area contributed by atoms with E-state index in [0.717, 1.165) is 44.1 Å². The molecule has 0 bridgehead atoms. The quantitative estimate of drug-likeness (QED) is 0.824. The molecule has 0 radical (unpaired) electrons. The summed E-state index contributed by atoms with van der Waals surface area (Å²) in [6.45, 7) is 7.07. The minimum absolute atomic E-state index is 0.125. The van der Waals surface area contributed by atoms with Gasteiger partial charge in [-0.05, 0) is 36.7 Å². The van der Waals surface area contributed by atoms with Crippen LogP contribution < -0.4 is 5.32 Å². The molecule has 1 fully saturated rings. The topological polar surface area (TPSA) is 32.3 Å². The molecule has 16 heavy (non-hydrogen) atoms. The van der Waals surface area contributed by atoms with Gasteiger partial charge in [0, 0.05) is 19.6 Å². The van der Waals surface area contributed by atoms with Crippen LogP contribution in [0.1, 0.15) is 26.7 Å². The van der Waals surface area contributed by atoms with Crippen molar-refractivity contribution >= 4 is 17.8 Å². The van der Waals surface area contributed by atoms with Crippen molar-refractivity contribution in [1.82, 2.24) is 10.2 Å². The first-order valence-corrected chi connectivity index (χ1v) is 7.54. The summed E-state index contributed by atoms with van der Waals surface area (Å²) >= 11 is 1.83. The summed E-state index contributed by atoms with van der Waals surface area (Å²) < 4.78 is 0. The lowest BCUT2D eigenvalue weighted by molar-refractivity contribution is 0.173. The van der Waals surface area contributed by atoms with E-state index in [1.54, 1.807) is 0 Å². The van der Waals surface area contributed by atoms with Crippen LogP contribution in [0.2, 0.25) is 0 Å². The van der Waals surface area contributed by atoms with Crippen LogP contribution in [-0.2, 0) is 0 Å². The highest BCUT2D eigenvalue weighted by Gasteiger charge is 2.20.